The number of fused-ring (bicyclic) bond motifs is 1. The summed E-state index contributed by atoms with van der Waals surface area (Å²) in [7, 11) is 1.59. The minimum atomic E-state index is -0.433. The highest BCUT2D eigenvalue weighted by molar-refractivity contribution is 5.82. The fourth-order valence-electron chi connectivity index (χ4n) is 4.06. The summed E-state index contributed by atoms with van der Waals surface area (Å²) in [5, 5.41) is 0. The van der Waals surface area contributed by atoms with Crippen LogP contribution in [0.25, 0.3) is 0 Å². The fourth-order valence-corrected chi connectivity index (χ4v) is 4.06. The number of hydrogen-bond donors (Lipinski definition) is 0. The molecule has 6 heteroatoms. The Kier molecular flexibility index (Phi) is 5.12. The van der Waals surface area contributed by atoms with Crippen molar-refractivity contribution in [2.24, 2.45) is 0 Å². The van der Waals surface area contributed by atoms with Crippen molar-refractivity contribution < 1.29 is 28.5 Å². The van der Waals surface area contributed by atoms with E-state index in [0.29, 0.717) is 36.2 Å². The SMILES string of the molecule is COc1cc([C@H]2C(=O)OC[C@@H]2c2ccc3c(c2)OCO3)ccc1OCc1ccccc1. The van der Waals surface area contributed by atoms with Gasteiger partial charge in [0.2, 0.25) is 6.79 Å². The Morgan fingerprint density at radius 1 is 0.871 bits per heavy atom. The largest absolute Gasteiger partial charge is 0.493 e. The van der Waals surface area contributed by atoms with Crippen LogP contribution in [0, 0.1) is 0 Å². The standard InChI is InChI=1S/C25H22O6/c1-27-22-12-18(8-10-20(22)28-13-16-5-3-2-4-6-16)24-19(14-29-25(24)26)17-7-9-21-23(11-17)31-15-30-21/h2-12,19,24H,13-15H2,1H3/t19-,24-/m1/s1. The van der Waals surface area contributed by atoms with E-state index in [4.69, 9.17) is 23.7 Å². The van der Waals surface area contributed by atoms with Crippen molar-refractivity contribution >= 4 is 5.97 Å². The van der Waals surface area contributed by atoms with Crippen LogP contribution in [0.1, 0.15) is 28.5 Å². The molecule has 0 aliphatic carbocycles. The number of cyclic esters (lactones) is 1. The van der Waals surface area contributed by atoms with Crippen LogP contribution in [0.3, 0.4) is 0 Å². The van der Waals surface area contributed by atoms with Gasteiger partial charge in [-0.25, -0.2) is 0 Å². The molecule has 0 amide bonds. The zero-order valence-electron chi connectivity index (χ0n) is 17.1. The summed E-state index contributed by atoms with van der Waals surface area (Å²) in [5.74, 6) is 1.81. The predicted molar refractivity (Wildman–Crippen MR) is 113 cm³/mol. The third-order valence-corrected chi connectivity index (χ3v) is 5.67. The Labute approximate surface area is 180 Å². The average Bonchev–Trinajstić information content (AvgIpc) is 3.44. The molecule has 0 N–H and O–H groups in total. The van der Waals surface area contributed by atoms with Crippen LogP contribution in [-0.2, 0) is 16.1 Å². The molecule has 1 fully saturated rings. The molecule has 5 rings (SSSR count). The second kappa shape index (κ2) is 8.22. The number of carbonyl (C=O) groups excluding carboxylic acids is 1. The number of rotatable bonds is 6. The van der Waals surface area contributed by atoms with Gasteiger partial charge in [-0.2, -0.15) is 0 Å². The molecule has 158 valence electrons. The molecule has 6 nitrogen and oxygen atoms in total. The van der Waals surface area contributed by atoms with Crippen molar-refractivity contribution in [1.82, 2.24) is 0 Å². The van der Waals surface area contributed by atoms with E-state index < -0.39 is 5.92 Å². The quantitative estimate of drug-likeness (QED) is 0.552. The van der Waals surface area contributed by atoms with Crippen LogP contribution in [0.5, 0.6) is 23.0 Å². The van der Waals surface area contributed by atoms with E-state index in [1.54, 1.807) is 7.11 Å². The first-order valence-corrected chi connectivity index (χ1v) is 10.1. The molecule has 2 atom stereocenters. The maximum Gasteiger partial charge on any atom is 0.314 e. The van der Waals surface area contributed by atoms with Crippen molar-refractivity contribution in [1.29, 1.82) is 0 Å². The highest BCUT2D eigenvalue weighted by Gasteiger charge is 2.40. The monoisotopic (exact) mass is 418 g/mol. The van der Waals surface area contributed by atoms with Crippen LogP contribution in [0.4, 0.5) is 0 Å². The van der Waals surface area contributed by atoms with Gasteiger partial charge in [0.25, 0.3) is 0 Å². The summed E-state index contributed by atoms with van der Waals surface area (Å²) in [4.78, 5) is 12.6. The molecule has 2 heterocycles. The van der Waals surface area contributed by atoms with Crippen LogP contribution in [-0.4, -0.2) is 26.5 Å². The van der Waals surface area contributed by atoms with Crippen LogP contribution < -0.4 is 18.9 Å². The van der Waals surface area contributed by atoms with E-state index >= 15 is 0 Å². The molecule has 2 aliphatic rings. The fraction of sp³-hybridized carbons (Fsp3) is 0.240. The summed E-state index contributed by atoms with van der Waals surface area (Å²) < 4.78 is 27.8. The molecule has 3 aromatic rings. The molecule has 0 bridgehead atoms. The number of methoxy groups -OCH3 is 1. The molecular formula is C25H22O6. The van der Waals surface area contributed by atoms with Gasteiger partial charge in [-0.1, -0.05) is 42.5 Å². The number of benzene rings is 3. The summed E-state index contributed by atoms with van der Waals surface area (Å²) in [6.07, 6.45) is 0. The molecule has 0 saturated carbocycles. The minimum absolute atomic E-state index is 0.122. The molecule has 31 heavy (non-hydrogen) atoms. The second-order valence-electron chi connectivity index (χ2n) is 7.51. The van der Waals surface area contributed by atoms with E-state index in [9.17, 15) is 4.79 Å². The van der Waals surface area contributed by atoms with E-state index in [1.165, 1.54) is 0 Å². The Morgan fingerprint density at radius 2 is 1.68 bits per heavy atom. The van der Waals surface area contributed by atoms with Gasteiger partial charge in [-0.3, -0.25) is 4.79 Å². The summed E-state index contributed by atoms with van der Waals surface area (Å²) in [6, 6.07) is 21.3. The van der Waals surface area contributed by atoms with Gasteiger partial charge < -0.3 is 23.7 Å². The number of hydrogen-bond acceptors (Lipinski definition) is 6. The third-order valence-electron chi connectivity index (χ3n) is 5.67. The van der Waals surface area contributed by atoms with Crippen molar-refractivity contribution in [2.75, 3.05) is 20.5 Å². The molecule has 1 saturated heterocycles. The third kappa shape index (κ3) is 3.77. The highest BCUT2D eigenvalue weighted by Crippen LogP contribution is 2.44. The van der Waals surface area contributed by atoms with Gasteiger partial charge in [0.15, 0.2) is 23.0 Å². The Hall–Kier alpha value is -3.67. The first kappa shape index (κ1) is 19.3. The lowest BCUT2D eigenvalue weighted by atomic mass is 9.83. The Balaban J connectivity index is 1.40. The molecule has 2 aliphatic heterocycles. The lowest BCUT2D eigenvalue weighted by Crippen LogP contribution is -2.13. The second-order valence-corrected chi connectivity index (χ2v) is 7.51. The summed E-state index contributed by atoms with van der Waals surface area (Å²) in [6.45, 7) is 0.962. The summed E-state index contributed by atoms with van der Waals surface area (Å²) >= 11 is 0. The van der Waals surface area contributed by atoms with Crippen molar-refractivity contribution in [2.45, 2.75) is 18.4 Å². The van der Waals surface area contributed by atoms with Crippen LogP contribution in [0.15, 0.2) is 66.7 Å². The predicted octanol–water partition coefficient (Wildman–Crippen LogP) is 4.43. The number of esters is 1. The Morgan fingerprint density at radius 3 is 2.52 bits per heavy atom. The molecule has 3 aromatic carbocycles. The van der Waals surface area contributed by atoms with E-state index in [0.717, 1.165) is 16.7 Å². The minimum Gasteiger partial charge on any atom is -0.493 e. The first-order chi connectivity index (χ1) is 15.2. The maximum atomic E-state index is 12.6. The van der Waals surface area contributed by atoms with Crippen molar-refractivity contribution in [3.05, 3.63) is 83.4 Å². The molecular weight excluding hydrogens is 396 g/mol. The molecule has 0 spiro atoms. The zero-order chi connectivity index (χ0) is 21.2. The summed E-state index contributed by atoms with van der Waals surface area (Å²) in [5.41, 5.74) is 2.87. The number of carbonyl (C=O) groups is 1. The smallest absolute Gasteiger partial charge is 0.314 e. The van der Waals surface area contributed by atoms with Crippen molar-refractivity contribution in [3.8, 4) is 23.0 Å². The maximum absolute atomic E-state index is 12.6. The van der Waals surface area contributed by atoms with Gasteiger partial charge in [-0.15, -0.1) is 0 Å². The van der Waals surface area contributed by atoms with Gasteiger partial charge in [0.05, 0.1) is 19.6 Å². The molecule has 0 aromatic heterocycles. The van der Waals surface area contributed by atoms with E-state index in [-0.39, 0.29) is 18.7 Å². The van der Waals surface area contributed by atoms with E-state index in [1.807, 2.05) is 66.7 Å². The van der Waals surface area contributed by atoms with Gasteiger partial charge in [0, 0.05) is 5.92 Å². The van der Waals surface area contributed by atoms with Crippen molar-refractivity contribution in [3.63, 3.8) is 0 Å². The Bertz CT molecular complexity index is 1090. The van der Waals surface area contributed by atoms with Gasteiger partial charge in [-0.05, 0) is 41.0 Å². The van der Waals surface area contributed by atoms with Gasteiger partial charge >= 0.3 is 5.97 Å². The van der Waals surface area contributed by atoms with Gasteiger partial charge in [0.1, 0.15) is 6.61 Å². The normalized spacial score (nSPS) is 19.2. The molecule has 0 unspecified atom stereocenters. The van der Waals surface area contributed by atoms with Crippen LogP contribution in [0.2, 0.25) is 0 Å². The molecule has 0 radical (unpaired) electrons. The first-order valence-electron chi connectivity index (χ1n) is 10.1. The van der Waals surface area contributed by atoms with Crippen LogP contribution >= 0.6 is 0 Å². The number of ether oxygens (including phenoxy) is 5. The lowest BCUT2D eigenvalue weighted by molar-refractivity contribution is -0.139. The lowest BCUT2D eigenvalue weighted by Gasteiger charge is -2.18. The average molecular weight is 418 g/mol. The zero-order valence-corrected chi connectivity index (χ0v) is 17.1. The topological polar surface area (TPSA) is 63.2 Å². The highest BCUT2D eigenvalue weighted by atomic mass is 16.7. The van der Waals surface area contributed by atoms with E-state index in [2.05, 4.69) is 0 Å².